The van der Waals surface area contributed by atoms with E-state index in [1.54, 1.807) is 0 Å². The molecule has 0 aliphatic heterocycles. The summed E-state index contributed by atoms with van der Waals surface area (Å²) in [7, 11) is 1.83. The Morgan fingerprint density at radius 1 is 1.14 bits per heavy atom. The number of fused-ring (bicyclic) bond motifs is 2. The fourth-order valence-electron chi connectivity index (χ4n) is 5.18. The molecule has 9 nitrogen and oxygen atoms in total. The van der Waals surface area contributed by atoms with E-state index in [4.69, 9.17) is 19.3 Å². The van der Waals surface area contributed by atoms with Crippen molar-refractivity contribution in [1.82, 2.24) is 5.32 Å². The molecule has 0 aromatic heterocycles. The molecule has 0 spiro atoms. The minimum atomic E-state index is -0.884. The predicted molar refractivity (Wildman–Crippen MR) is 135 cm³/mol. The molecule has 4 atom stereocenters. The summed E-state index contributed by atoms with van der Waals surface area (Å²) in [5, 5.41) is 20.9. The van der Waals surface area contributed by atoms with Crippen LogP contribution in [0.15, 0.2) is 18.2 Å². The number of rotatable bonds is 16. The fraction of sp³-hybridized carbons (Fsp3) is 0.704. The summed E-state index contributed by atoms with van der Waals surface area (Å²) in [6.07, 6.45) is 6.70. The lowest BCUT2D eigenvalue weighted by Crippen LogP contribution is -2.28. The number of hydrogen-bond acceptors (Lipinski definition) is 8. The molecule has 36 heavy (non-hydrogen) atoms. The third-order valence-corrected chi connectivity index (χ3v) is 6.96. The van der Waals surface area contributed by atoms with Crippen molar-refractivity contribution in [2.24, 2.45) is 17.8 Å². The number of aliphatic hydroxyl groups is 1. The van der Waals surface area contributed by atoms with Gasteiger partial charge in [0.1, 0.15) is 18.6 Å². The van der Waals surface area contributed by atoms with E-state index in [0.29, 0.717) is 26.3 Å². The number of carboxylic acids is 1. The molecule has 4 unspecified atom stereocenters. The number of carbonyl (C=O) groups excluding carboxylic acids is 1. The van der Waals surface area contributed by atoms with Crippen molar-refractivity contribution in [3.63, 3.8) is 0 Å². The molecule has 1 fully saturated rings. The van der Waals surface area contributed by atoms with Crippen LogP contribution >= 0.6 is 0 Å². The summed E-state index contributed by atoms with van der Waals surface area (Å²) in [6, 6.07) is 6.54. The topological polar surface area (TPSA) is 124 Å². The smallest absolute Gasteiger partial charge is 0.305 e. The second-order valence-corrected chi connectivity index (χ2v) is 9.21. The summed E-state index contributed by atoms with van der Waals surface area (Å²) in [4.78, 5) is 19.7. The molecule has 0 radical (unpaired) electrons. The summed E-state index contributed by atoms with van der Waals surface area (Å²) < 4.78 is 20.1. The van der Waals surface area contributed by atoms with Gasteiger partial charge in [-0.1, -0.05) is 12.1 Å². The van der Waals surface area contributed by atoms with Crippen molar-refractivity contribution >= 4 is 12.4 Å². The summed E-state index contributed by atoms with van der Waals surface area (Å²) in [5.74, 6) is 2.61. The normalized spacial score (nSPS) is 20.9. The van der Waals surface area contributed by atoms with Gasteiger partial charge in [-0.2, -0.15) is 0 Å². The third-order valence-electron chi connectivity index (χ3n) is 6.96. The third kappa shape index (κ3) is 10.4. The van der Waals surface area contributed by atoms with Crippen LogP contribution in [0, 0.1) is 17.8 Å². The van der Waals surface area contributed by atoms with E-state index >= 15 is 0 Å². The van der Waals surface area contributed by atoms with Crippen LogP contribution in [0.3, 0.4) is 0 Å². The first-order chi connectivity index (χ1) is 17.5. The molecule has 1 aromatic carbocycles. The maximum atomic E-state index is 10.0. The molecular formula is C27H43NO8. The Morgan fingerprint density at radius 2 is 1.89 bits per heavy atom. The molecule has 3 N–H and O–H groups in total. The van der Waals surface area contributed by atoms with E-state index in [-0.39, 0.29) is 25.9 Å². The first kappa shape index (κ1) is 30.0. The van der Waals surface area contributed by atoms with Gasteiger partial charge in [0.2, 0.25) is 0 Å². The van der Waals surface area contributed by atoms with E-state index in [1.165, 1.54) is 36.8 Å². The second-order valence-electron chi connectivity index (χ2n) is 9.21. The van der Waals surface area contributed by atoms with E-state index in [1.807, 2.05) is 7.05 Å². The molecule has 0 bridgehead atoms. The number of carbonyl (C=O) groups is 2. The summed E-state index contributed by atoms with van der Waals surface area (Å²) in [6.45, 7) is 4.59. The summed E-state index contributed by atoms with van der Waals surface area (Å²) >= 11 is 0. The molecule has 3 rings (SSSR count). The van der Waals surface area contributed by atoms with Gasteiger partial charge in [0.25, 0.3) is 6.47 Å². The molecular weight excluding hydrogens is 466 g/mol. The predicted octanol–water partition coefficient (Wildman–Crippen LogP) is 2.81. The largest absolute Gasteiger partial charge is 0.494 e. The molecule has 2 aliphatic carbocycles. The maximum absolute atomic E-state index is 10.0. The number of ether oxygens (including phenoxy) is 4. The van der Waals surface area contributed by atoms with Crippen molar-refractivity contribution < 1.29 is 38.7 Å². The number of benzene rings is 1. The molecule has 1 aromatic rings. The minimum absolute atomic E-state index is 0.00570. The molecule has 1 saturated carbocycles. The second kappa shape index (κ2) is 17.3. The molecule has 0 amide bonds. The van der Waals surface area contributed by atoms with Crippen LogP contribution in [0.5, 0.6) is 5.75 Å². The van der Waals surface area contributed by atoms with Crippen LogP contribution < -0.4 is 10.1 Å². The highest BCUT2D eigenvalue weighted by Gasteiger charge is 2.39. The molecule has 2 aliphatic rings. The van der Waals surface area contributed by atoms with Gasteiger partial charge in [-0.15, -0.1) is 0 Å². The Bertz CT molecular complexity index is 774. The van der Waals surface area contributed by atoms with Crippen LogP contribution in [0.25, 0.3) is 0 Å². The van der Waals surface area contributed by atoms with Crippen LogP contribution in [0.1, 0.15) is 50.2 Å². The Hall–Kier alpha value is -2.20. The van der Waals surface area contributed by atoms with Gasteiger partial charge in [0, 0.05) is 0 Å². The number of carboxylic acid groups (broad SMARTS) is 1. The van der Waals surface area contributed by atoms with Crippen LogP contribution in [0.4, 0.5) is 0 Å². The van der Waals surface area contributed by atoms with Gasteiger partial charge in [0.15, 0.2) is 0 Å². The Morgan fingerprint density at radius 3 is 2.58 bits per heavy atom. The highest BCUT2D eigenvalue weighted by Crippen LogP contribution is 2.48. The van der Waals surface area contributed by atoms with Crippen molar-refractivity contribution in [2.45, 2.75) is 58.1 Å². The SMILES string of the molecule is CCOc1cccc2c1CC1CCC(CCC(O)NC)C1C2.O=COCCOCCOCCC(=O)O. The van der Waals surface area contributed by atoms with Crippen molar-refractivity contribution in [3.8, 4) is 5.75 Å². The van der Waals surface area contributed by atoms with Gasteiger partial charge in [-0.05, 0) is 87.4 Å². The van der Waals surface area contributed by atoms with Gasteiger partial charge >= 0.3 is 5.97 Å². The standard InChI is InChI=1S/C19H29NO2.C8H14O6/c1-3-22-18-6-4-5-14-11-16-13(9-10-19(21)20-2)7-8-15(16)12-17(14)18;9-7-14-6-5-13-4-3-12-2-1-8(10)11/h4-6,13,15-16,19-21H,3,7-12H2,1-2H3;7H,1-6H2,(H,10,11). The lowest BCUT2D eigenvalue weighted by molar-refractivity contribution is -0.138. The first-order valence-corrected chi connectivity index (χ1v) is 13.0. The van der Waals surface area contributed by atoms with E-state index in [9.17, 15) is 14.7 Å². The van der Waals surface area contributed by atoms with Gasteiger partial charge < -0.3 is 29.2 Å². The first-order valence-electron chi connectivity index (χ1n) is 13.0. The van der Waals surface area contributed by atoms with Crippen molar-refractivity contribution in [1.29, 1.82) is 0 Å². The highest BCUT2D eigenvalue weighted by molar-refractivity contribution is 5.66. The fourth-order valence-corrected chi connectivity index (χ4v) is 5.18. The van der Waals surface area contributed by atoms with Gasteiger partial charge in [-0.25, -0.2) is 0 Å². The summed E-state index contributed by atoms with van der Waals surface area (Å²) in [5.41, 5.74) is 2.95. The molecule has 0 saturated heterocycles. The van der Waals surface area contributed by atoms with Crippen LogP contribution in [-0.2, 0) is 36.6 Å². The van der Waals surface area contributed by atoms with E-state index in [2.05, 4.69) is 35.2 Å². The average Bonchev–Trinajstić information content (AvgIpc) is 3.27. The number of nitrogens with one attached hydrogen (secondary N) is 1. The lowest BCUT2D eigenvalue weighted by Gasteiger charge is -2.32. The maximum Gasteiger partial charge on any atom is 0.305 e. The molecule has 204 valence electrons. The number of hydrogen-bond donors (Lipinski definition) is 3. The van der Waals surface area contributed by atoms with Crippen molar-refractivity contribution in [3.05, 3.63) is 29.3 Å². The Kier molecular flexibility index (Phi) is 14.4. The van der Waals surface area contributed by atoms with E-state index in [0.717, 1.165) is 43.0 Å². The van der Waals surface area contributed by atoms with Crippen molar-refractivity contribution in [2.75, 3.05) is 46.7 Å². The Labute approximate surface area is 214 Å². The van der Waals surface area contributed by atoms with E-state index < -0.39 is 5.97 Å². The van der Waals surface area contributed by atoms with Gasteiger partial charge in [-0.3, -0.25) is 14.9 Å². The zero-order chi connectivity index (χ0) is 26.2. The quantitative estimate of drug-likeness (QED) is 0.175. The molecule has 9 heteroatoms. The van der Waals surface area contributed by atoms with Crippen LogP contribution in [0.2, 0.25) is 0 Å². The Balaban J connectivity index is 0.000000284. The zero-order valence-corrected chi connectivity index (χ0v) is 21.7. The highest BCUT2D eigenvalue weighted by atomic mass is 16.6. The average molecular weight is 510 g/mol. The monoisotopic (exact) mass is 509 g/mol. The molecule has 0 heterocycles. The number of aliphatic carboxylic acids is 1. The van der Waals surface area contributed by atoms with Crippen LogP contribution in [-0.4, -0.2) is 75.6 Å². The van der Waals surface area contributed by atoms with Gasteiger partial charge in [0.05, 0.1) is 39.5 Å². The zero-order valence-electron chi connectivity index (χ0n) is 21.7. The lowest BCUT2D eigenvalue weighted by atomic mass is 9.74. The minimum Gasteiger partial charge on any atom is -0.494 e. The number of aliphatic hydroxyl groups excluding tert-OH is 1.